The summed E-state index contributed by atoms with van der Waals surface area (Å²) in [4.78, 5) is 6.74. The third kappa shape index (κ3) is 3.23. The minimum Gasteiger partial charge on any atom is -0.383 e. The van der Waals surface area contributed by atoms with E-state index in [0.29, 0.717) is 5.56 Å². The highest BCUT2D eigenvalue weighted by molar-refractivity contribution is 7.15. The first-order valence-electron chi connectivity index (χ1n) is 9.43. The molecule has 4 aromatic rings. The lowest BCUT2D eigenvalue weighted by atomic mass is 10.1. The second-order valence-electron chi connectivity index (χ2n) is 6.95. The molecule has 0 saturated carbocycles. The van der Waals surface area contributed by atoms with Gasteiger partial charge in [0.2, 0.25) is 0 Å². The number of fused-ring (bicyclic) bond motifs is 1. The van der Waals surface area contributed by atoms with Crippen molar-refractivity contribution in [1.82, 2.24) is 30.5 Å². The number of aromatic nitrogens is 5. The van der Waals surface area contributed by atoms with Crippen molar-refractivity contribution in [3.8, 4) is 27.5 Å². The minimum atomic E-state index is -1.04. The van der Waals surface area contributed by atoms with E-state index in [1.807, 2.05) is 6.07 Å². The van der Waals surface area contributed by atoms with Crippen LogP contribution in [0.15, 0.2) is 36.5 Å². The first-order valence-corrected chi connectivity index (χ1v) is 10.2. The lowest BCUT2D eigenvalue weighted by Crippen LogP contribution is -2.16. The average Bonchev–Trinajstić information content (AvgIpc) is 3.33. The number of halogens is 2. The SMILES string of the molecule is Nc1ncc(-c2cc3c(s2)CCNCC3)cc1-c1nnnn1-c1cccc(F)c1F. The molecule has 7 nitrogen and oxygen atoms in total. The van der Waals surface area contributed by atoms with E-state index in [1.165, 1.54) is 22.6 Å². The predicted octanol–water partition coefficient (Wildman–Crippen LogP) is 3.00. The van der Waals surface area contributed by atoms with Crippen molar-refractivity contribution in [2.24, 2.45) is 0 Å². The van der Waals surface area contributed by atoms with Crippen LogP contribution in [0.5, 0.6) is 0 Å². The summed E-state index contributed by atoms with van der Waals surface area (Å²) in [7, 11) is 0. The van der Waals surface area contributed by atoms with E-state index >= 15 is 0 Å². The molecule has 0 aliphatic carbocycles. The molecular weight excluding hydrogens is 408 g/mol. The highest BCUT2D eigenvalue weighted by Gasteiger charge is 2.20. The van der Waals surface area contributed by atoms with Gasteiger partial charge in [0, 0.05) is 21.5 Å². The average molecular weight is 425 g/mol. The highest BCUT2D eigenvalue weighted by Crippen LogP contribution is 2.36. The topological polar surface area (TPSA) is 94.5 Å². The maximum absolute atomic E-state index is 14.3. The summed E-state index contributed by atoms with van der Waals surface area (Å²) in [5, 5.41) is 14.9. The summed E-state index contributed by atoms with van der Waals surface area (Å²) >= 11 is 1.73. The number of nitrogens with one attached hydrogen (secondary N) is 1. The molecule has 0 fully saturated rings. The first-order chi connectivity index (χ1) is 14.6. The number of nitrogen functional groups attached to an aromatic ring is 1. The molecule has 1 aromatic carbocycles. The van der Waals surface area contributed by atoms with Crippen molar-refractivity contribution < 1.29 is 8.78 Å². The predicted molar refractivity (Wildman–Crippen MR) is 110 cm³/mol. The van der Waals surface area contributed by atoms with E-state index in [9.17, 15) is 8.78 Å². The normalized spacial score (nSPS) is 13.8. The van der Waals surface area contributed by atoms with E-state index in [1.54, 1.807) is 17.5 Å². The molecular formula is C20H17F2N7S. The summed E-state index contributed by atoms with van der Waals surface area (Å²) in [5.74, 6) is -1.63. The number of nitrogens with zero attached hydrogens (tertiary/aromatic N) is 5. The Morgan fingerprint density at radius 3 is 2.90 bits per heavy atom. The number of rotatable bonds is 3. The smallest absolute Gasteiger partial charge is 0.190 e. The molecule has 0 unspecified atom stereocenters. The second-order valence-corrected chi connectivity index (χ2v) is 8.09. The van der Waals surface area contributed by atoms with Gasteiger partial charge in [-0.3, -0.25) is 0 Å². The van der Waals surface area contributed by atoms with Crippen molar-refractivity contribution in [3.05, 3.63) is 58.6 Å². The first kappa shape index (κ1) is 18.8. The summed E-state index contributed by atoms with van der Waals surface area (Å²) < 4.78 is 29.2. The zero-order valence-electron chi connectivity index (χ0n) is 15.8. The fourth-order valence-electron chi connectivity index (χ4n) is 3.54. The van der Waals surface area contributed by atoms with Crippen molar-refractivity contribution in [1.29, 1.82) is 0 Å². The molecule has 1 aliphatic heterocycles. The van der Waals surface area contributed by atoms with Crippen LogP contribution in [0.4, 0.5) is 14.6 Å². The minimum absolute atomic E-state index is 0.102. The van der Waals surface area contributed by atoms with Crippen LogP contribution >= 0.6 is 11.3 Å². The summed E-state index contributed by atoms with van der Waals surface area (Å²) in [6.45, 7) is 1.93. The molecule has 30 heavy (non-hydrogen) atoms. The Balaban J connectivity index is 1.59. The number of hydrogen-bond acceptors (Lipinski definition) is 7. The lowest BCUT2D eigenvalue weighted by Gasteiger charge is -2.09. The molecule has 3 aromatic heterocycles. The van der Waals surface area contributed by atoms with Crippen LogP contribution in [0.3, 0.4) is 0 Å². The molecule has 0 amide bonds. The van der Waals surface area contributed by atoms with E-state index in [0.717, 1.165) is 47.1 Å². The van der Waals surface area contributed by atoms with Crippen LogP contribution in [0.2, 0.25) is 0 Å². The number of benzene rings is 1. The molecule has 0 radical (unpaired) electrons. The lowest BCUT2D eigenvalue weighted by molar-refractivity contribution is 0.501. The molecule has 0 saturated heterocycles. The number of pyridine rings is 1. The maximum atomic E-state index is 14.3. The molecule has 3 N–H and O–H groups in total. The Kier molecular flexibility index (Phi) is 4.72. The van der Waals surface area contributed by atoms with Crippen molar-refractivity contribution in [2.75, 3.05) is 18.8 Å². The molecule has 0 spiro atoms. The second kappa shape index (κ2) is 7.54. The zero-order chi connectivity index (χ0) is 20.7. The van der Waals surface area contributed by atoms with Gasteiger partial charge in [0.25, 0.3) is 0 Å². The van der Waals surface area contributed by atoms with E-state index in [-0.39, 0.29) is 17.3 Å². The van der Waals surface area contributed by atoms with Gasteiger partial charge in [-0.25, -0.2) is 13.8 Å². The van der Waals surface area contributed by atoms with Crippen LogP contribution in [-0.4, -0.2) is 38.3 Å². The molecule has 10 heteroatoms. The van der Waals surface area contributed by atoms with Crippen molar-refractivity contribution in [2.45, 2.75) is 12.8 Å². The zero-order valence-corrected chi connectivity index (χ0v) is 16.6. The van der Waals surface area contributed by atoms with Gasteiger partial charge in [0.05, 0.1) is 5.56 Å². The van der Waals surface area contributed by atoms with Gasteiger partial charge in [-0.15, -0.1) is 16.4 Å². The number of hydrogen-bond donors (Lipinski definition) is 2. The van der Waals surface area contributed by atoms with E-state index in [2.05, 4.69) is 31.9 Å². The number of anilines is 1. The number of tetrazole rings is 1. The van der Waals surface area contributed by atoms with Gasteiger partial charge in [-0.05, 0) is 66.2 Å². The molecule has 4 heterocycles. The van der Waals surface area contributed by atoms with Gasteiger partial charge >= 0.3 is 0 Å². The summed E-state index contributed by atoms with van der Waals surface area (Å²) in [5.41, 5.74) is 8.66. The maximum Gasteiger partial charge on any atom is 0.190 e. The van der Waals surface area contributed by atoms with Crippen LogP contribution < -0.4 is 11.1 Å². The number of thiophene rings is 1. The largest absolute Gasteiger partial charge is 0.383 e. The fraction of sp³-hybridized carbons (Fsp3) is 0.200. The third-order valence-corrected chi connectivity index (χ3v) is 6.36. The van der Waals surface area contributed by atoms with E-state index in [4.69, 9.17) is 5.73 Å². The van der Waals surface area contributed by atoms with Crippen molar-refractivity contribution >= 4 is 17.2 Å². The van der Waals surface area contributed by atoms with Crippen LogP contribution in [0.25, 0.3) is 27.5 Å². The van der Waals surface area contributed by atoms with Crippen LogP contribution in [0, 0.1) is 11.6 Å². The molecule has 5 rings (SSSR count). The van der Waals surface area contributed by atoms with Gasteiger partial charge in [0.15, 0.2) is 17.5 Å². The molecule has 152 valence electrons. The van der Waals surface area contributed by atoms with Crippen molar-refractivity contribution in [3.63, 3.8) is 0 Å². The Morgan fingerprint density at radius 1 is 1.13 bits per heavy atom. The number of nitrogens with two attached hydrogens (primary N) is 1. The van der Waals surface area contributed by atoms with Crippen LogP contribution in [0.1, 0.15) is 10.4 Å². The Bertz CT molecular complexity index is 1210. The highest BCUT2D eigenvalue weighted by atomic mass is 32.1. The summed E-state index contributed by atoms with van der Waals surface area (Å²) in [6, 6.07) is 7.85. The Labute approximate surface area is 174 Å². The molecule has 0 bridgehead atoms. The monoisotopic (exact) mass is 425 g/mol. The Morgan fingerprint density at radius 2 is 2.00 bits per heavy atom. The van der Waals surface area contributed by atoms with Gasteiger partial charge in [-0.1, -0.05) is 6.07 Å². The third-order valence-electron chi connectivity index (χ3n) is 5.07. The fourth-order valence-corrected chi connectivity index (χ4v) is 4.74. The van der Waals surface area contributed by atoms with Gasteiger partial charge in [-0.2, -0.15) is 4.68 Å². The quantitative estimate of drug-likeness (QED) is 0.524. The standard InChI is InChI=1S/C20H17F2N7S/c21-14-2-1-3-15(18(14)22)29-20(26-27-28-29)13-8-12(10-25-19(13)23)17-9-11-4-6-24-7-5-16(11)30-17/h1-3,8-10,24H,4-7H2,(H2,23,25). The van der Waals surface area contributed by atoms with E-state index < -0.39 is 11.6 Å². The summed E-state index contributed by atoms with van der Waals surface area (Å²) in [6.07, 6.45) is 3.68. The molecule has 0 atom stereocenters. The van der Waals surface area contributed by atoms with Gasteiger partial charge < -0.3 is 11.1 Å². The Hall–Kier alpha value is -3.24. The van der Waals surface area contributed by atoms with Crippen LogP contribution in [-0.2, 0) is 12.8 Å². The van der Waals surface area contributed by atoms with Gasteiger partial charge in [0.1, 0.15) is 11.5 Å². The molecule has 1 aliphatic rings.